The second-order valence-corrected chi connectivity index (χ2v) is 6.50. The Balaban J connectivity index is 1.60. The zero-order valence-corrected chi connectivity index (χ0v) is 11.0. The lowest BCUT2D eigenvalue weighted by Crippen LogP contribution is -2.42. The molecule has 3 fully saturated rings. The molecule has 0 aromatic rings. The van der Waals surface area contributed by atoms with Gasteiger partial charge in [0.25, 0.3) is 0 Å². The van der Waals surface area contributed by atoms with Gasteiger partial charge in [0.05, 0.1) is 11.7 Å². The maximum atomic E-state index is 12.4. The predicted octanol–water partition coefficient (Wildman–Crippen LogP) is 2.12. The zero-order chi connectivity index (χ0) is 12.0. The van der Waals surface area contributed by atoms with E-state index in [4.69, 9.17) is 0 Å². The van der Waals surface area contributed by atoms with Gasteiger partial charge in [-0.15, -0.1) is 0 Å². The van der Waals surface area contributed by atoms with Crippen molar-refractivity contribution < 1.29 is 4.79 Å². The number of hydrogen-bond acceptors (Lipinski definition) is 2. The van der Waals surface area contributed by atoms with Gasteiger partial charge in [-0.3, -0.25) is 10.1 Å². The van der Waals surface area contributed by atoms with Crippen LogP contribution in [0, 0.1) is 11.8 Å². The first kappa shape index (κ1) is 11.5. The number of carbonyl (C=O) groups is 1. The van der Waals surface area contributed by atoms with Gasteiger partial charge in [-0.05, 0) is 37.5 Å². The Kier molecular flexibility index (Phi) is 2.69. The molecule has 0 aromatic carbocycles. The predicted molar refractivity (Wildman–Crippen MR) is 67.4 cm³/mol. The minimum absolute atomic E-state index is 0.130. The molecular formula is C14H24N2O. The Labute approximate surface area is 104 Å². The largest absolute Gasteiger partial charge is 0.325 e. The van der Waals surface area contributed by atoms with Crippen molar-refractivity contribution in [1.29, 1.82) is 0 Å². The van der Waals surface area contributed by atoms with Gasteiger partial charge < -0.3 is 4.90 Å². The molecule has 3 aliphatic rings. The Hall–Kier alpha value is -0.570. The first-order valence-corrected chi connectivity index (χ1v) is 7.21. The van der Waals surface area contributed by atoms with Crippen molar-refractivity contribution in [3.63, 3.8) is 0 Å². The molecule has 1 spiro atoms. The lowest BCUT2D eigenvalue weighted by molar-refractivity contribution is -0.131. The minimum Gasteiger partial charge on any atom is -0.325 e. The molecule has 1 atom stereocenters. The maximum absolute atomic E-state index is 12.4. The summed E-state index contributed by atoms with van der Waals surface area (Å²) in [5, 5.41) is 3.57. The summed E-state index contributed by atoms with van der Waals surface area (Å²) in [6.45, 7) is 5.38. The molecular weight excluding hydrogens is 212 g/mol. The second kappa shape index (κ2) is 3.98. The molecule has 2 aliphatic carbocycles. The number of rotatable bonds is 5. The first-order chi connectivity index (χ1) is 8.12. The van der Waals surface area contributed by atoms with Crippen LogP contribution in [-0.4, -0.2) is 29.1 Å². The average Bonchev–Trinajstić information content (AvgIpc) is 3.15. The lowest BCUT2D eigenvalue weighted by Gasteiger charge is -2.27. The number of nitrogens with one attached hydrogen (secondary N) is 1. The van der Waals surface area contributed by atoms with Gasteiger partial charge in [0.2, 0.25) is 5.91 Å². The quantitative estimate of drug-likeness (QED) is 0.793. The molecule has 1 amide bonds. The van der Waals surface area contributed by atoms with Crippen molar-refractivity contribution in [3.05, 3.63) is 0 Å². The van der Waals surface area contributed by atoms with Crippen LogP contribution >= 0.6 is 0 Å². The maximum Gasteiger partial charge on any atom is 0.244 e. The third kappa shape index (κ3) is 2.10. The third-order valence-corrected chi connectivity index (χ3v) is 4.52. The van der Waals surface area contributed by atoms with Crippen molar-refractivity contribution >= 4 is 5.91 Å². The van der Waals surface area contributed by atoms with E-state index in [-0.39, 0.29) is 11.7 Å². The Bertz CT molecular complexity index is 318. The molecule has 3 heteroatoms. The molecule has 0 radical (unpaired) electrons. The Morgan fingerprint density at radius 2 is 2.12 bits per heavy atom. The summed E-state index contributed by atoms with van der Waals surface area (Å²) in [5.41, 5.74) is -0.130. The van der Waals surface area contributed by atoms with E-state index in [0.29, 0.717) is 11.8 Å². The zero-order valence-electron chi connectivity index (χ0n) is 11.0. The Morgan fingerprint density at radius 3 is 2.65 bits per heavy atom. The summed E-state index contributed by atoms with van der Waals surface area (Å²) >= 11 is 0. The van der Waals surface area contributed by atoms with Gasteiger partial charge in [-0.1, -0.05) is 26.7 Å². The standard InChI is InChI=1S/C14H24N2O/c1-10(2)12-15-14(7-8-14)13(17)16(12)9-3-4-11-5-6-11/h10-12,15H,3-9H2,1-2H3. The van der Waals surface area contributed by atoms with E-state index >= 15 is 0 Å². The van der Waals surface area contributed by atoms with E-state index in [9.17, 15) is 4.79 Å². The highest BCUT2D eigenvalue weighted by molar-refractivity contribution is 5.91. The van der Waals surface area contributed by atoms with Gasteiger partial charge >= 0.3 is 0 Å². The number of nitrogens with zero attached hydrogens (tertiary/aromatic N) is 1. The molecule has 96 valence electrons. The average molecular weight is 236 g/mol. The molecule has 1 aliphatic heterocycles. The van der Waals surface area contributed by atoms with E-state index in [2.05, 4.69) is 24.1 Å². The monoisotopic (exact) mass is 236 g/mol. The van der Waals surface area contributed by atoms with Crippen LogP contribution in [0.4, 0.5) is 0 Å². The molecule has 3 rings (SSSR count). The highest BCUT2D eigenvalue weighted by atomic mass is 16.2. The summed E-state index contributed by atoms with van der Waals surface area (Å²) in [5.74, 6) is 1.87. The summed E-state index contributed by atoms with van der Waals surface area (Å²) in [6.07, 6.45) is 7.73. The van der Waals surface area contributed by atoms with Gasteiger partial charge in [0.15, 0.2) is 0 Å². The summed E-state index contributed by atoms with van der Waals surface area (Å²) < 4.78 is 0. The van der Waals surface area contributed by atoms with Crippen molar-refractivity contribution in [2.24, 2.45) is 11.8 Å². The molecule has 1 N–H and O–H groups in total. The van der Waals surface area contributed by atoms with Crippen molar-refractivity contribution in [1.82, 2.24) is 10.2 Å². The van der Waals surface area contributed by atoms with Crippen LogP contribution < -0.4 is 5.32 Å². The van der Waals surface area contributed by atoms with Gasteiger partial charge in [-0.25, -0.2) is 0 Å². The van der Waals surface area contributed by atoms with Crippen LogP contribution in [-0.2, 0) is 4.79 Å². The first-order valence-electron chi connectivity index (χ1n) is 7.21. The molecule has 17 heavy (non-hydrogen) atoms. The fraction of sp³-hybridized carbons (Fsp3) is 0.929. The lowest BCUT2D eigenvalue weighted by atomic mass is 10.1. The fourth-order valence-electron chi connectivity index (χ4n) is 3.03. The van der Waals surface area contributed by atoms with Crippen LogP contribution in [0.25, 0.3) is 0 Å². The van der Waals surface area contributed by atoms with Gasteiger partial charge in [0, 0.05) is 6.54 Å². The molecule has 3 nitrogen and oxygen atoms in total. The highest BCUT2D eigenvalue weighted by Crippen LogP contribution is 2.43. The van der Waals surface area contributed by atoms with Crippen LogP contribution in [0.15, 0.2) is 0 Å². The Morgan fingerprint density at radius 1 is 1.41 bits per heavy atom. The second-order valence-electron chi connectivity index (χ2n) is 6.50. The van der Waals surface area contributed by atoms with E-state index in [0.717, 1.165) is 25.3 Å². The number of amides is 1. The summed E-state index contributed by atoms with van der Waals surface area (Å²) in [6, 6.07) is 0. The smallest absolute Gasteiger partial charge is 0.244 e. The number of hydrogen-bond donors (Lipinski definition) is 1. The van der Waals surface area contributed by atoms with E-state index in [1.807, 2.05) is 0 Å². The third-order valence-electron chi connectivity index (χ3n) is 4.52. The van der Waals surface area contributed by atoms with E-state index < -0.39 is 0 Å². The van der Waals surface area contributed by atoms with Crippen molar-refractivity contribution in [3.8, 4) is 0 Å². The minimum atomic E-state index is -0.130. The van der Waals surface area contributed by atoms with Crippen LogP contribution in [0.2, 0.25) is 0 Å². The van der Waals surface area contributed by atoms with Gasteiger partial charge in [-0.2, -0.15) is 0 Å². The molecule has 1 heterocycles. The van der Waals surface area contributed by atoms with Crippen LogP contribution in [0.3, 0.4) is 0 Å². The van der Waals surface area contributed by atoms with Crippen LogP contribution in [0.5, 0.6) is 0 Å². The normalized spacial score (nSPS) is 30.6. The van der Waals surface area contributed by atoms with Crippen LogP contribution in [0.1, 0.15) is 52.4 Å². The molecule has 2 saturated carbocycles. The fourth-order valence-corrected chi connectivity index (χ4v) is 3.03. The van der Waals surface area contributed by atoms with Crippen molar-refractivity contribution in [2.75, 3.05) is 6.54 Å². The highest BCUT2D eigenvalue weighted by Gasteiger charge is 2.59. The molecule has 1 unspecified atom stereocenters. The van der Waals surface area contributed by atoms with Gasteiger partial charge in [0.1, 0.15) is 0 Å². The number of carbonyl (C=O) groups excluding carboxylic acids is 1. The van der Waals surface area contributed by atoms with E-state index in [1.165, 1.54) is 25.7 Å². The van der Waals surface area contributed by atoms with Crippen molar-refractivity contribution in [2.45, 2.75) is 64.1 Å². The summed E-state index contributed by atoms with van der Waals surface area (Å²) in [7, 11) is 0. The van der Waals surface area contributed by atoms with E-state index in [1.54, 1.807) is 0 Å². The molecule has 0 bridgehead atoms. The topological polar surface area (TPSA) is 32.3 Å². The molecule has 1 saturated heterocycles. The molecule has 0 aromatic heterocycles. The summed E-state index contributed by atoms with van der Waals surface area (Å²) in [4.78, 5) is 14.5. The SMILES string of the molecule is CC(C)C1NC2(CC2)C(=O)N1CCCC1CC1.